The van der Waals surface area contributed by atoms with Gasteiger partial charge in [0.2, 0.25) is 0 Å². The van der Waals surface area contributed by atoms with Gasteiger partial charge in [-0.2, -0.15) is 0 Å². The van der Waals surface area contributed by atoms with Gasteiger partial charge in [0.1, 0.15) is 0 Å². The van der Waals surface area contributed by atoms with Gasteiger partial charge in [0.25, 0.3) is 0 Å². The molecule has 7 heteroatoms. The maximum absolute atomic E-state index is 11.1. The number of hydrogen-bond donors (Lipinski definition) is 1. The van der Waals surface area contributed by atoms with Crippen molar-refractivity contribution >= 4 is 21.9 Å². The summed E-state index contributed by atoms with van der Waals surface area (Å²) in [6.07, 6.45) is 0. The zero-order valence-corrected chi connectivity index (χ0v) is 13.0. The number of tetrazole rings is 1. The number of aryl methyl sites for hydroxylation is 1. The van der Waals surface area contributed by atoms with Crippen LogP contribution >= 0.6 is 15.9 Å². The molecule has 0 aliphatic heterocycles. The molecule has 20 heavy (non-hydrogen) atoms. The highest BCUT2D eigenvalue weighted by Crippen LogP contribution is 2.27. The number of carboxylic acids is 1. The Morgan fingerprint density at radius 1 is 1.40 bits per heavy atom. The molecule has 0 aliphatic carbocycles. The van der Waals surface area contributed by atoms with E-state index in [0.717, 1.165) is 15.6 Å². The average molecular weight is 339 g/mol. The molecule has 0 fully saturated rings. The molecule has 6 nitrogen and oxygen atoms in total. The van der Waals surface area contributed by atoms with Crippen LogP contribution < -0.4 is 0 Å². The molecule has 0 aliphatic rings. The van der Waals surface area contributed by atoms with Gasteiger partial charge in [-0.25, -0.2) is 4.68 Å². The first-order valence-corrected chi connectivity index (χ1v) is 6.98. The molecule has 0 saturated carbocycles. The molecule has 2 unspecified atom stereocenters. The van der Waals surface area contributed by atoms with E-state index >= 15 is 0 Å². The van der Waals surface area contributed by atoms with Crippen LogP contribution in [-0.4, -0.2) is 31.3 Å². The van der Waals surface area contributed by atoms with Crippen LogP contribution in [0.1, 0.15) is 25.5 Å². The van der Waals surface area contributed by atoms with Crippen molar-refractivity contribution in [3.63, 3.8) is 0 Å². The number of carboxylic acid groups (broad SMARTS) is 1. The lowest BCUT2D eigenvalue weighted by molar-refractivity contribution is -0.142. The van der Waals surface area contributed by atoms with E-state index in [-0.39, 0.29) is 6.04 Å². The van der Waals surface area contributed by atoms with Gasteiger partial charge in [0.15, 0.2) is 5.82 Å². The second-order valence-corrected chi connectivity index (χ2v) is 5.69. The van der Waals surface area contributed by atoms with E-state index in [1.54, 1.807) is 18.5 Å². The highest BCUT2D eigenvalue weighted by molar-refractivity contribution is 9.10. The van der Waals surface area contributed by atoms with Crippen molar-refractivity contribution in [1.82, 2.24) is 20.2 Å². The fourth-order valence-electron chi connectivity index (χ4n) is 1.94. The quantitative estimate of drug-likeness (QED) is 0.926. The van der Waals surface area contributed by atoms with E-state index in [4.69, 9.17) is 5.11 Å². The molecule has 2 rings (SSSR count). The summed E-state index contributed by atoms with van der Waals surface area (Å²) in [6, 6.07) is 5.46. The SMILES string of the molecule is Cc1cc(Br)ccc1-c1nnnn1C(C)C(C)C(=O)O. The predicted octanol–water partition coefficient (Wildman–Crippen LogP) is 2.69. The molecule has 0 radical (unpaired) electrons. The summed E-state index contributed by atoms with van der Waals surface area (Å²) < 4.78 is 2.54. The van der Waals surface area contributed by atoms with Gasteiger partial charge in [-0.05, 0) is 55.0 Å². The van der Waals surface area contributed by atoms with Crippen molar-refractivity contribution in [2.75, 3.05) is 0 Å². The third-order valence-electron chi connectivity index (χ3n) is 3.42. The molecule has 0 saturated heterocycles. The van der Waals surface area contributed by atoms with Crippen molar-refractivity contribution in [3.8, 4) is 11.4 Å². The summed E-state index contributed by atoms with van der Waals surface area (Å²) in [5, 5.41) is 20.8. The van der Waals surface area contributed by atoms with Crippen LogP contribution in [0.2, 0.25) is 0 Å². The number of halogens is 1. The summed E-state index contributed by atoms with van der Waals surface area (Å²) in [5.41, 5.74) is 1.91. The minimum Gasteiger partial charge on any atom is -0.481 e. The monoisotopic (exact) mass is 338 g/mol. The van der Waals surface area contributed by atoms with Gasteiger partial charge in [0.05, 0.1) is 12.0 Å². The fraction of sp³-hybridized carbons (Fsp3) is 0.385. The Labute approximate surface area is 124 Å². The van der Waals surface area contributed by atoms with Crippen molar-refractivity contribution in [2.45, 2.75) is 26.8 Å². The predicted molar refractivity (Wildman–Crippen MR) is 77.2 cm³/mol. The summed E-state index contributed by atoms with van der Waals surface area (Å²) in [4.78, 5) is 11.1. The second-order valence-electron chi connectivity index (χ2n) is 4.77. The molecule has 1 heterocycles. The maximum atomic E-state index is 11.1. The van der Waals surface area contributed by atoms with Crippen molar-refractivity contribution < 1.29 is 9.90 Å². The molecule has 0 bridgehead atoms. The van der Waals surface area contributed by atoms with Gasteiger partial charge < -0.3 is 5.11 Å². The molecule has 1 aromatic carbocycles. The number of aliphatic carboxylic acids is 1. The topological polar surface area (TPSA) is 80.9 Å². The molecular weight excluding hydrogens is 324 g/mol. The Balaban J connectivity index is 2.45. The third-order valence-corrected chi connectivity index (χ3v) is 3.91. The zero-order chi connectivity index (χ0) is 14.9. The fourth-order valence-corrected chi connectivity index (χ4v) is 2.42. The van der Waals surface area contributed by atoms with E-state index in [0.29, 0.717) is 5.82 Å². The van der Waals surface area contributed by atoms with E-state index in [1.807, 2.05) is 25.1 Å². The number of rotatable bonds is 4. The molecule has 2 atom stereocenters. The largest absolute Gasteiger partial charge is 0.481 e. The normalized spacial score (nSPS) is 14.0. The Kier molecular flexibility index (Phi) is 4.17. The lowest BCUT2D eigenvalue weighted by Crippen LogP contribution is -2.23. The molecule has 106 valence electrons. The van der Waals surface area contributed by atoms with Gasteiger partial charge in [-0.3, -0.25) is 4.79 Å². The van der Waals surface area contributed by atoms with Gasteiger partial charge in [-0.1, -0.05) is 15.9 Å². The summed E-state index contributed by atoms with van der Waals surface area (Å²) in [5.74, 6) is -0.866. The van der Waals surface area contributed by atoms with Crippen LogP contribution in [0.5, 0.6) is 0 Å². The first-order valence-electron chi connectivity index (χ1n) is 6.19. The highest BCUT2D eigenvalue weighted by Gasteiger charge is 2.25. The Morgan fingerprint density at radius 3 is 2.70 bits per heavy atom. The maximum Gasteiger partial charge on any atom is 0.308 e. The standard InChI is InChI=1S/C13H15BrN4O2/c1-7-6-10(14)4-5-11(7)12-15-16-17-18(12)9(3)8(2)13(19)20/h4-6,8-9H,1-3H3,(H,19,20). The van der Waals surface area contributed by atoms with Crippen LogP contribution in [0, 0.1) is 12.8 Å². The first kappa shape index (κ1) is 14.6. The van der Waals surface area contributed by atoms with Gasteiger partial charge >= 0.3 is 5.97 Å². The van der Waals surface area contributed by atoms with Crippen LogP contribution in [0.25, 0.3) is 11.4 Å². The van der Waals surface area contributed by atoms with E-state index in [9.17, 15) is 4.79 Å². The van der Waals surface area contributed by atoms with Crippen LogP contribution in [0.15, 0.2) is 22.7 Å². The van der Waals surface area contributed by atoms with E-state index < -0.39 is 11.9 Å². The summed E-state index contributed by atoms with van der Waals surface area (Å²) in [7, 11) is 0. The number of nitrogens with zero attached hydrogens (tertiary/aromatic N) is 4. The number of carbonyl (C=O) groups is 1. The van der Waals surface area contributed by atoms with Crippen molar-refractivity contribution in [3.05, 3.63) is 28.2 Å². The van der Waals surface area contributed by atoms with Crippen LogP contribution in [0.4, 0.5) is 0 Å². The average Bonchev–Trinajstić information content (AvgIpc) is 2.85. The van der Waals surface area contributed by atoms with E-state index in [1.165, 1.54) is 0 Å². The summed E-state index contributed by atoms with van der Waals surface area (Å²) in [6.45, 7) is 5.41. The molecule has 1 N–H and O–H groups in total. The molecule has 1 aromatic heterocycles. The Morgan fingerprint density at radius 2 is 2.10 bits per heavy atom. The molecule has 0 spiro atoms. The minimum absolute atomic E-state index is 0.333. The van der Waals surface area contributed by atoms with E-state index in [2.05, 4.69) is 31.5 Å². The number of hydrogen-bond acceptors (Lipinski definition) is 4. The zero-order valence-electron chi connectivity index (χ0n) is 11.4. The van der Waals surface area contributed by atoms with Crippen molar-refractivity contribution in [1.29, 1.82) is 0 Å². The summed E-state index contributed by atoms with van der Waals surface area (Å²) >= 11 is 3.41. The minimum atomic E-state index is -0.869. The molecule has 2 aromatic rings. The third kappa shape index (κ3) is 2.72. The van der Waals surface area contributed by atoms with Crippen LogP contribution in [0.3, 0.4) is 0 Å². The Bertz CT molecular complexity index is 641. The van der Waals surface area contributed by atoms with Crippen LogP contribution in [-0.2, 0) is 4.79 Å². The second kappa shape index (κ2) is 5.70. The highest BCUT2D eigenvalue weighted by atomic mass is 79.9. The van der Waals surface area contributed by atoms with Gasteiger partial charge in [0, 0.05) is 10.0 Å². The first-order chi connectivity index (χ1) is 9.41. The molecular formula is C13H15BrN4O2. The lowest BCUT2D eigenvalue weighted by Gasteiger charge is -2.17. The lowest BCUT2D eigenvalue weighted by atomic mass is 10.0. The van der Waals surface area contributed by atoms with Crippen molar-refractivity contribution in [2.24, 2.45) is 5.92 Å². The Hall–Kier alpha value is -1.76. The number of benzene rings is 1. The number of aromatic nitrogens is 4. The molecule has 0 amide bonds. The smallest absolute Gasteiger partial charge is 0.308 e. The van der Waals surface area contributed by atoms with Gasteiger partial charge in [-0.15, -0.1) is 5.10 Å².